The molecular formula is C16H26F2N3-. The number of allylic oxidation sites excluding steroid dienone is 2. The van der Waals surface area contributed by atoms with Crippen LogP contribution in [0.25, 0.3) is 5.43 Å². The highest BCUT2D eigenvalue weighted by molar-refractivity contribution is 5.33. The fraction of sp³-hybridized carbons (Fsp3) is 0.875. The molecule has 2 aliphatic heterocycles. The van der Waals surface area contributed by atoms with E-state index in [-0.39, 0.29) is 17.5 Å². The summed E-state index contributed by atoms with van der Waals surface area (Å²) in [5, 5.41) is 3.58. The van der Waals surface area contributed by atoms with Crippen molar-refractivity contribution in [1.82, 2.24) is 10.1 Å². The monoisotopic (exact) mass is 298 g/mol. The van der Waals surface area contributed by atoms with Gasteiger partial charge in [0, 0.05) is 19.5 Å². The lowest BCUT2D eigenvalue weighted by atomic mass is 9.83. The zero-order valence-electron chi connectivity index (χ0n) is 13.2. The SMILES string of the molecule is CC1(C)CCCC(F)(F)C2=C(CC1)[N-]N1CCCCCN21. The van der Waals surface area contributed by atoms with E-state index in [2.05, 4.69) is 19.3 Å². The van der Waals surface area contributed by atoms with Crippen molar-refractivity contribution in [3.8, 4) is 0 Å². The molecule has 0 amide bonds. The van der Waals surface area contributed by atoms with Gasteiger partial charge in [-0.1, -0.05) is 20.3 Å². The molecule has 1 aliphatic carbocycles. The van der Waals surface area contributed by atoms with Crippen molar-refractivity contribution in [1.29, 1.82) is 0 Å². The number of hydrogen-bond acceptors (Lipinski definition) is 2. The zero-order chi connectivity index (χ0) is 15.1. The van der Waals surface area contributed by atoms with Gasteiger partial charge in [0.15, 0.2) is 0 Å². The van der Waals surface area contributed by atoms with Crippen LogP contribution in [0.1, 0.15) is 65.2 Å². The first-order valence-electron chi connectivity index (χ1n) is 8.27. The summed E-state index contributed by atoms with van der Waals surface area (Å²) in [6.45, 7) is 5.82. The van der Waals surface area contributed by atoms with Crippen LogP contribution < -0.4 is 0 Å². The minimum Gasteiger partial charge on any atom is -0.603 e. The van der Waals surface area contributed by atoms with Gasteiger partial charge in [-0.05, 0) is 43.9 Å². The first kappa shape index (κ1) is 15.1. The van der Waals surface area contributed by atoms with Gasteiger partial charge < -0.3 is 10.4 Å². The average Bonchev–Trinajstić information content (AvgIpc) is 2.61. The second-order valence-corrected chi connectivity index (χ2v) is 7.40. The van der Waals surface area contributed by atoms with Crippen molar-refractivity contribution in [2.75, 3.05) is 13.1 Å². The summed E-state index contributed by atoms with van der Waals surface area (Å²) in [6, 6.07) is 0. The molecule has 2 heterocycles. The molecule has 3 aliphatic rings. The number of alkyl halides is 2. The van der Waals surface area contributed by atoms with Crippen LogP contribution >= 0.6 is 0 Å². The van der Waals surface area contributed by atoms with Crippen LogP contribution in [0.5, 0.6) is 0 Å². The molecule has 0 atom stereocenters. The zero-order valence-corrected chi connectivity index (χ0v) is 13.2. The lowest BCUT2D eigenvalue weighted by Gasteiger charge is -2.40. The number of nitrogens with zero attached hydrogens (tertiary/aromatic N) is 3. The van der Waals surface area contributed by atoms with Crippen LogP contribution in [0.3, 0.4) is 0 Å². The third kappa shape index (κ3) is 3.03. The molecule has 0 aromatic rings. The second kappa shape index (κ2) is 5.41. The number of halogens is 2. The number of rotatable bonds is 0. The maximum absolute atomic E-state index is 14.7. The van der Waals surface area contributed by atoms with Crippen LogP contribution in [0, 0.1) is 5.41 Å². The van der Waals surface area contributed by atoms with Gasteiger partial charge in [0.25, 0.3) is 5.92 Å². The number of hydrazine groups is 1. The van der Waals surface area contributed by atoms with Crippen molar-refractivity contribution in [3.05, 3.63) is 16.8 Å². The Morgan fingerprint density at radius 2 is 1.71 bits per heavy atom. The Morgan fingerprint density at radius 1 is 0.952 bits per heavy atom. The molecule has 0 radical (unpaired) electrons. The average molecular weight is 298 g/mol. The molecule has 0 spiro atoms. The normalized spacial score (nSPS) is 29.6. The molecule has 3 nitrogen and oxygen atoms in total. The van der Waals surface area contributed by atoms with Crippen LogP contribution in [-0.2, 0) is 0 Å². The molecule has 1 saturated heterocycles. The third-order valence-electron chi connectivity index (χ3n) is 5.00. The van der Waals surface area contributed by atoms with E-state index in [1.807, 2.05) is 0 Å². The van der Waals surface area contributed by atoms with Gasteiger partial charge in [0.05, 0.1) is 5.70 Å². The Balaban J connectivity index is 1.91. The Labute approximate surface area is 126 Å². The summed E-state index contributed by atoms with van der Waals surface area (Å²) in [7, 11) is 0. The van der Waals surface area contributed by atoms with Crippen LogP contribution in [-0.4, -0.2) is 29.1 Å². The summed E-state index contributed by atoms with van der Waals surface area (Å²) >= 11 is 0. The van der Waals surface area contributed by atoms with Crippen molar-refractivity contribution in [2.45, 2.75) is 71.1 Å². The van der Waals surface area contributed by atoms with E-state index in [1.54, 1.807) is 10.1 Å². The molecule has 3 rings (SSSR count). The van der Waals surface area contributed by atoms with E-state index in [1.165, 1.54) is 0 Å². The molecule has 21 heavy (non-hydrogen) atoms. The quantitative estimate of drug-likeness (QED) is 0.638. The molecule has 0 unspecified atom stereocenters. The largest absolute Gasteiger partial charge is 0.603 e. The van der Waals surface area contributed by atoms with Crippen LogP contribution in [0.4, 0.5) is 8.78 Å². The number of hydrogen-bond donors (Lipinski definition) is 0. The van der Waals surface area contributed by atoms with Gasteiger partial charge in [-0.3, -0.25) is 5.12 Å². The minimum absolute atomic E-state index is 0.0465. The summed E-state index contributed by atoms with van der Waals surface area (Å²) < 4.78 is 29.5. The van der Waals surface area contributed by atoms with E-state index in [4.69, 9.17) is 0 Å². The van der Waals surface area contributed by atoms with Gasteiger partial charge in [-0.2, -0.15) is 8.78 Å². The molecule has 0 aromatic heterocycles. The van der Waals surface area contributed by atoms with Gasteiger partial charge in [-0.25, -0.2) is 0 Å². The molecule has 1 fully saturated rings. The van der Waals surface area contributed by atoms with Crippen LogP contribution in [0.15, 0.2) is 11.4 Å². The smallest absolute Gasteiger partial charge is 0.287 e. The Morgan fingerprint density at radius 3 is 2.52 bits per heavy atom. The first-order valence-corrected chi connectivity index (χ1v) is 8.27. The Kier molecular flexibility index (Phi) is 3.89. The lowest BCUT2D eigenvalue weighted by Crippen LogP contribution is -2.40. The van der Waals surface area contributed by atoms with E-state index >= 15 is 0 Å². The van der Waals surface area contributed by atoms with Gasteiger partial charge in [0.2, 0.25) is 0 Å². The van der Waals surface area contributed by atoms with Gasteiger partial charge in [-0.15, -0.1) is 5.70 Å². The predicted molar refractivity (Wildman–Crippen MR) is 79.5 cm³/mol. The molecule has 0 bridgehead atoms. The van der Waals surface area contributed by atoms with Gasteiger partial charge >= 0.3 is 0 Å². The summed E-state index contributed by atoms with van der Waals surface area (Å²) in [6.07, 6.45) is 6.14. The topological polar surface area (TPSA) is 20.6 Å². The molecular weight excluding hydrogens is 272 g/mol. The fourth-order valence-electron chi connectivity index (χ4n) is 3.65. The standard InChI is InChI=1S/C16H26F2N3/c1-15(2)8-6-9-16(17,18)14-13(7-10-15)19-21-12-5-3-4-11-20(14)21/h3-12H2,1-2H3/q-1. The highest BCUT2D eigenvalue weighted by Crippen LogP contribution is 2.47. The van der Waals surface area contributed by atoms with Gasteiger partial charge in [0.1, 0.15) is 0 Å². The summed E-state index contributed by atoms with van der Waals surface area (Å²) in [5.74, 6) is -2.74. The van der Waals surface area contributed by atoms with Crippen molar-refractivity contribution >= 4 is 0 Å². The maximum atomic E-state index is 14.7. The lowest BCUT2D eigenvalue weighted by molar-refractivity contribution is -0.0376. The van der Waals surface area contributed by atoms with E-state index in [0.29, 0.717) is 25.1 Å². The van der Waals surface area contributed by atoms with Crippen molar-refractivity contribution in [2.24, 2.45) is 5.41 Å². The van der Waals surface area contributed by atoms with Crippen LogP contribution in [0.2, 0.25) is 0 Å². The summed E-state index contributed by atoms with van der Waals surface area (Å²) in [4.78, 5) is 0. The molecule has 0 saturated carbocycles. The summed E-state index contributed by atoms with van der Waals surface area (Å²) in [5.41, 5.74) is 5.53. The first-order chi connectivity index (χ1) is 9.89. The molecule has 120 valence electrons. The molecule has 0 N–H and O–H groups in total. The highest BCUT2D eigenvalue weighted by atomic mass is 19.3. The predicted octanol–water partition coefficient (Wildman–Crippen LogP) is 4.83. The van der Waals surface area contributed by atoms with E-state index in [0.717, 1.165) is 38.6 Å². The van der Waals surface area contributed by atoms with E-state index < -0.39 is 5.92 Å². The molecule has 5 heteroatoms. The van der Waals surface area contributed by atoms with E-state index in [9.17, 15) is 8.78 Å². The second-order valence-electron chi connectivity index (χ2n) is 7.40. The minimum atomic E-state index is -2.74. The maximum Gasteiger partial charge on any atom is 0.287 e. The molecule has 0 aromatic carbocycles. The Bertz CT molecular complexity index is 431. The van der Waals surface area contributed by atoms with Crippen molar-refractivity contribution < 1.29 is 8.78 Å². The van der Waals surface area contributed by atoms with Crippen molar-refractivity contribution in [3.63, 3.8) is 0 Å². The Hall–Kier alpha value is -0.840. The number of fused-ring (bicyclic) bond motifs is 2. The third-order valence-corrected chi connectivity index (χ3v) is 5.00. The highest BCUT2D eigenvalue weighted by Gasteiger charge is 2.42. The fourth-order valence-corrected chi connectivity index (χ4v) is 3.65.